The molecule has 4 N–H and O–H groups in total. The van der Waals surface area contributed by atoms with Gasteiger partial charge in [-0.2, -0.15) is 0 Å². The highest BCUT2D eigenvalue weighted by Gasteiger charge is 2.71. The molecule has 1 unspecified atom stereocenters. The zero-order valence-electron chi connectivity index (χ0n) is 22.3. The Morgan fingerprint density at radius 1 is 0.550 bits per heavy atom. The zero-order valence-corrected chi connectivity index (χ0v) is 22.3. The second kappa shape index (κ2) is 12.0. The Hall–Kier alpha value is -3.36. The second-order valence-electron chi connectivity index (χ2n) is 10.7. The molecule has 6 nitrogen and oxygen atoms in total. The molecule has 40 heavy (non-hydrogen) atoms. The van der Waals surface area contributed by atoms with Crippen LogP contribution >= 0.6 is 0 Å². The zero-order chi connectivity index (χ0) is 28.1. The first-order valence-corrected chi connectivity index (χ1v) is 13.6. The van der Waals surface area contributed by atoms with E-state index in [-0.39, 0.29) is 32.5 Å². The molecule has 4 aromatic rings. The molecule has 1 aliphatic heterocycles. The molecule has 208 valence electrons. The summed E-state index contributed by atoms with van der Waals surface area (Å²) in [4.78, 5) is 0. The Morgan fingerprint density at radius 2 is 0.950 bits per heavy atom. The van der Waals surface area contributed by atoms with Crippen LogP contribution in [0.15, 0.2) is 121 Å². The molecule has 0 spiro atoms. The Labute approximate surface area is 235 Å². The van der Waals surface area contributed by atoms with Crippen molar-refractivity contribution in [2.75, 3.05) is 6.61 Å². The van der Waals surface area contributed by atoms with Crippen molar-refractivity contribution >= 4 is 0 Å². The lowest BCUT2D eigenvalue weighted by molar-refractivity contribution is -0.396. The summed E-state index contributed by atoms with van der Waals surface area (Å²) in [5.74, 6) is 0. The van der Waals surface area contributed by atoms with Crippen molar-refractivity contribution in [1.29, 1.82) is 0 Å². The van der Waals surface area contributed by atoms with Crippen molar-refractivity contribution in [1.82, 2.24) is 0 Å². The number of rotatable bonds is 10. The topological polar surface area (TPSA) is 99.4 Å². The Kier molecular flexibility index (Phi) is 8.47. The van der Waals surface area contributed by atoms with E-state index in [9.17, 15) is 20.4 Å². The summed E-state index contributed by atoms with van der Waals surface area (Å²) >= 11 is 0. The molecule has 0 aliphatic carbocycles. The van der Waals surface area contributed by atoms with Crippen LogP contribution in [0.1, 0.15) is 22.3 Å². The van der Waals surface area contributed by atoms with Crippen molar-refractivity contribution in [3.05, 3.63) is 144 Å². The van der Waals surface area contributed by atoms with E-state index in [1.54, 1.807) is 12.1 Å². The van der Waals surface area contributed by atoms with Crippen LogP contribution in [-0.2, 0) is 35.3 Å². The minimum absolute atomic E-state index is 0.0413. The van der Waals surface area contributed by atoms with Gasteiger partial charge in [0.15, 0.2) is 11.9 Å². The quantitative estimate of drug-likeness (QED) is 0.244. The van der Waals surface area contributed by atoms with E-state index in [0.717, 1.165) is 11.1 Å². The van der Waals surface area contributed by atoms with E-state index in [2.05, 4.69) is 0 Å². The minimum Gasteiger partial charge on any atom is -0.384 e. The van der Waals surface area contributed by atoms with Crippen LogP contribution in [-0.4, -0.2) is 56.2 Å². The molecule has 5 atom stereocenters. The predicted octanol–water partition coefficient (Wildman–Crippen LogP) is 3.84. The lowest BCUT2D eigenvalue weighted by Gasteiger charge is -2.60. The van der Waals surface area contributed by atoms with Gasteiger partial charge in [0.05, 0.1) is 13.2 Å². The molecule has 0 radical (unpaired) electrons. The summed E-state index contributed by atoms with van der Waals surface area (Å²) in [5, 5.41) is 49.1. The Balaban J connectivity index is 1.58. The fraction of sp³-hybridized carbons (Fsp3) is 0.294. The number of aliphatic hydroxyl groups is 4. The molecule has 4 aromatic carbocycles. The summed E-state index contributed by atoms with van der Waals surface area (Å²) < 4.78 is 12.0. The number of hydrogen-bond acceptors (Lipinski definition) is 6. The van der Waals surface area contributed by atoms with E-state index >= 15 is 0 Å². The first-order chi connectivity index (χ1) is 19.3. The maximum Gasteiger partial charge on any atom is 0.187 e. The van der Waals surface area contributed by atoms with Gasteiger partial charge in [0.25, 0.3) is 0 Å². The smallest absolute Gasteiger partial charge is 0.187 e. The molecule has 1 saturated heterocycles. The van der Waals surface area contributed by atoms with Crippen LogP contribution in [0, 0.1) is 0 Å². The third-order valence-electron chi connectivity index (χ3n) is 7.98. The van der Waals surface area contributed by atoms with Crippen LogP contribution in [0.25, 0.3) is 0 Å². The third-order valence-corrected chi connectivity index (χ3v) is 7.98. The van der Waals surface area contributed by atoms with Gasteiger partial charge in [-0.1, -0.05) is 121 Å². The molecule has 5 rings (SSSR count). The van der Waals surface area contributed by atoms with E-state index in [0.29, 0.717) is 11.1 Å². The highest BCUT2D eigenvalue weighted by molar-refractivity contribution is 5.32. The van der Waals surface area contributed by atoms with Crippen LogP contribution in [0.5, 0.6) is 0 Å². The first-order valence-electron chi connectivity index (χ1n) is 13.6. The third kappa shape index (κ3) is 5.60. The number of benzene rings is 4. The number of hydrogen-bond donors (Lipinski definition) is 4. The van der Waals surface area contributed by atoms with E-state index in [1.807, 2.05) is 109 Å². The monoisotopic (exact) mass is 540 g/mol. The fourth-order valence-corrected chi connectivity index (χ4v) is 5.77. The summed E-state index contributed by atoms with van der Waals surface area (Å²) in [5.41, 5.74) is -3.50. The Bertz CT molecular complexity index is 1340. The molecule has 0 aromatic heterocycles. The van der Waals surface area contributed by atoms with E-state index in [1.165, 1.54) is 0 Å². The van der Waals surface area contributed by atoms with Gasteiger partial charge in [0.2, 0.25) is 0 Å². The van der Waals surface area contributed by atoms with Gasteiger partial charge in [-0.25, -0.2) is 0 Å². The lowest BCUT2D eigenvalue weighted by Crippen LogP contribution is -2.82. The lowest BCUT2D eigenvalue weighted by atomic mass is 9.60. The van der Waals surface area contributed by atoms with Gasteiger partial charge >= 0.3 is 0 Å². The van der Waals surface area contributed by atoms with Gasteiger partial charge in [-0.3, -0.25) is 0 Å². The van der Waals surface area contributed by atoms with Crippen molar-refractivity contribution in [2.45, 2.75) is 55.1 Å². The summed E-state index contributed by atoms with van der Waals surface area (Å²) in [6, 6.07) is 37.2. The molecular formula is C34H36O6. The normalized spacial score (nSPS) is 28.3. The van der Waals surface area contributed by atoms with E-state index in [4.69, 9.17) is 9.47 Å². The van der Waals surface area contributed by atoms with Gasteiger partial charge < -0.3 is 29.9 Å². The summed E-state index contributed by atoms with van der Waals surface area (Å²) in [6.07, 6.45) is -3.28. The molecule has 0 amide bonds. The number of ether oxygens (including phenoxy) is 2. The molecule has 0 saturated carbocycles. The maximum absolute atomic E-state index is 12.7. The Morgan fingerprint density at radius 3 is 1.43 bits per heavy atom. The second-order valence-corrected chi connectivity index (χ2v) is 10.7. The average molecular weight is 541 g/mol. The van der Waals surface area contributed by atoms with Gasteiger partial charge in [-0.15, -0.1) is 0 Å². The largest absolute Gasteiger partial charge is 0.384 e. The molecule has 0 bridgehead atoms. The maximum atomic E-state index is 12.7. The first kappa shape index (κ1) is 28.2. The van der Waals surface area contributed by atoms with Crippen LogP contribution in [0.4, 0.5) is 0 Å². The molecular weight excluding hydrogens is 504 g/mol. The highest BCUT2D eigenvalue weighted by Crippen LogP contribution is 2.49. The minimum atomic E-state index is -2.26. The van der Waals surface area contributed by atoms with Crippen LogP contribution in [0.2, 0.25) is 0 Å². The van der Waals surface area contributed by atoms with Crippen molar-refractivity contribution in [2.24, 2.45) is 0 Å². The van der Waals surface area contributed by atoms with Crippen molar-refractivity contribution in [3.63, 3.8) is 0 Å². The number of aliphatic hydroxyl groups excluding tert-OH is 1. The van der Waals surface area contributed by atoms with E-state index < -0.39 is 29.2 Å². The summed E-state index contributed by atoms with van der Waals surface area (Å²) in [6.45, 7) is 0.136. The SMILES string of the molecule is OC1O[C@H](COCc2ccccc2)[C@](O)(Cc2ccccc2)[C@@](O)(Cc2ccccc2)[C@]1(O)Cc1ccccc1. The molecule has 1 fully saturated rings. The van der Waals surface area contributed by atoms with Crippen molar-refractivity contribution < 1.29 is 29.9 Å². The van der Waals surface area contributed by atoms with Gasteiger partial charge in [-0.05, 0) is 22.3 Å². The van der Waals surface area contributed by atoms with Gasteiger partial charge in [0.1, 0.15) is 17.3 Å². The van der Waals surface area contributed by atoms with Crippen molar-refractivity contribution in [3.8, 4) is 0 Å². The summed E-state index contributed by atoms with van der Waals surface area (Å²) in [7, 11) is 0. The van der Waals surface area contributed by atoms with Crippen LogP contribution in [0.3, 0.4) is 0 Å². The molecule has 1 aliphatic rings. The molecule has 6 heteroatoms. The van der Waals surface area contributed by atoms with Gasteiger partial charge in [0, 0.05) is 19.3 Å². The highest BCUT2D eigenvalue weighted by atomic mass is 16.7. The predicted molar refractivity (Wildman–Crippen MR) is 152 cm³/mol. The molecule has 1 heterocycles. The fourth-order valence-electron chi connectivity index (χ4n) is 5.77. The average Bonchev–Trinajstić information content (AvgIpc) is 2.97. The van der Waals surface area contributed by atoms with Crippen LogP contribution < -0.4 is 0 Å². The standard InChI is InChI=1S/C34H36O6/c35-31-33(37,22-27-15-7-2-8-16-27)34(38,23-28-17-9-3-10-18-28)32(36,21-26-13-5-1-6-14-26)30(40-31)25-39-24-29-19-11-4-12-20-29/h1-20,30-31,35-38H,21-25H2/t30-,31?,32-,33+,34+/m1/s1.